The fourth-order valence-corrected chi connectivity index (χ4v) is 4.94. The number of rotatable bonds is 10. The van der Waals surface area contributed by atoms with Crippen molar-refractivity contribution in [1.82, 2.24) is 15.5 Å². The molecule has 3 atom stereocenters. The van der Waals surface area contributed by atoms with Crippen molar-refractivity contribution in [3.63, 3.8) is 0 Å². The van der Waals surface area contributed by atoms with Crippen molar-refractivity contribution in [2.45, 2.75) is 35.9 Å². The summed E-state index contributed by atoms with van der Waals surface area (Å²) in [7, 11) is 0. The highest BCUT2D eigenvalue weighted by Crippen LogP contribution is 2.22. The van der Waals surface area contributed by atoms with Crippen LogP contribution in [-0.4, -0.2) is 71.6 Å². The Morgan fingerprint density at radius 2 is 1.83 bits per heavy atom. The summed E-state index contributed by atoms with van der Waals surface area (Å²) in [6.45, 7) is 0.190. The first-order valence-corrected chi connectivity index (χ1v) is 14.1. The molecule has 0 bridgehead atoms. The van der Waals surface area contributed by atoms with Crippen LogP contribution in [0.15, 0.2) is 59.5 Å². The molecule has 36 heavy (non-hydrogen) atoms. The van der Waals surface area contributed by atoms with Gasteiger partial charge in [-0.05, 0) is 42.7 Å². The minimum atomic E-state index is -0.920. The largest absolute Gasteiger partial charge is 0.368 e. The van der Waals surface area contributed by atoms with Crippen LogP contribution in [0.25, 0.3) is 0 Å². The van der Waals surface area contributed by atoms with Gasteiger partial charge in [0.2, 0.25) is 17.7 Å². The Labute approximate surface area is 219 Å². The number of hydrogen-bond donors (Lipinski definition) is 4. The molecule has 1 aliphatic heterocycles. The molecular formula is C25H31N5O4S2. The van der Waals surface area contributed by atoms with Gasteiger partial charge >= 0.3 is 6.03 Å². The van der Waals surface area contributed by atoms with Crippen LogP contribution in [0.4, 0.5) is 10.5 Å². The van der Waals surface area contributed by atoms with Crippen molar-refractivity contribution in [2.75, 3.05) is 30.1 Å². The molecule has 0 spiro atoms. The van der Waals surface area contributed by atoms with E-state index >= 15 is 0 Å². The maximum atomic E-state index is 13.2. The number of hydrogen-bond acceptors (Lipinski definition) is 6. The third kappa shape index (κ3) is 7.66. The average Bonchev–Trinajstić information content (AvgIpc) is 3.28. The van der Waals surface area contributed by atoms with Crippen LogP contribution >= 0.6 is 23.5 Å². The number of carbonyl (C=O) groups is 4. The van der Waals surface area contributed by atoms with Gasteiger partial charge in [0.25, 0.3) is 0 Å². The minimum Gasteiger partial charge on any atom is -0.368 e. The minimum absolute atomic E-state index is 0.190. The molecular weight excluding hydrogens is 498 g/mol. The Hall–Kier alpha value is -3.18. The molecule has 1 heterocycles. The first-order chi connectivity index (χ1) is 17.3. The van der Waals surface area contributed by atoms with Crippen molar-refractivity contribution >= 4 is 53.0 Å². The van der Waals surface area contributed by atoms with Gasteiger partial charge in [0.1, 0.15) is 12.1 Å². The van der Waals surface area contributed by atoms with Gasteiger partial charge in [-0.3, -0.25) is 14.4 Å². The summed E-state index contributed by atoms with van der Waals surface area (Å²) in [5, 5.41) is 8.38. The number of primary amides is 1. The fourth-order valence-electron chi connectivity index (χ4n) is 4.06. The van der Waals surface area contributed by atoms with Gasteiger partial charge in [0.05, 0.1) is 11.8 Å². The smallest absolute Gasteiger partial charge is 0.319 e. The number of urea groups is 1. The van der Waals surface area contributed by atoms with Gasteiger partial charge < -0.3 is 26.6 Å². The molecule has 1 fully saturated rings. The van der Waals surface area contributed by atoms with Crippen LogP contribution in [0, 0.1) is 0 Å². The summed E-state index contributed by atoms with van der Waals surface area (Å²) in [5.41, 5.74) is 7.05. The maximum absolute atomic E-state index is 13.2. The van der Waals surface area contributed by atoms with Crippen molar-refractivity contribution < 1.29 is 19.2 Å². The summed E-state index contributed by atoms with van der Waals surface area (Å²) in [6, 6.07) is 14.1. The SMILES string of the molecule is CSCC(=O)N1C[C@@H](NC(=O)Nc2cccc(SC)c2)C[C@H]1C(=O)N[C@H](Cc1ccccc1)C(N)=O. The van der Waals surface area contributed by atoms with Crippen LogP contribution in [0.5, 0.6) is 0 Å². The van der Waals surface area contributed by atoms with Gasteiger partial charge in [-0.15, -0.1) is 11.8 Å². The number of likely N-dealkylation sites (tertiary alicyclic amines) is 1. The van der Waals surface area contributed by atoms with Crippen LogP contribution in [0.3, 0.4) is 0 Å². The molecule has 1 saturated heterocycles. The maximum Gasteiger partial charge on any atom is 0.319 e. The number of thioether (sulfide) groups is 2. The molecule has 192 valence electrons. The predicted octanol–water partition coefficient (Wildman–Crippen LogP) is 2.08. The van der Waals surface area contributed by atoms with Gasteiger partial charge in [-0.2, -0.15) is 11.8 Å². The molecule has 5 N–H and O–H groups in total. The average molecular weight is 530 g/mol. The zero-order valence-corrected chi connectivity index (χ0v) is 21.9. The van der Waals surface area contributed by atoms with Gasteiger partial charge in [0, 0.05) is 23.5 Å². The number of carbonyl (C=O) groups excluding carboxylic acids is 4. The molecule has 2 aromatic rings. The van der Waals surface area contributed by atoms with Crippen molar-refractivity contribution in [1.29, 1.82) is 0 Å². The summed E-state index contributed by atoms with van der Waals surface area (Å²) in [6.07, 6.45) is 4.22. The molecule has 5 amide bonds. The van der Waals surface area contributed by atoms with E-state index in [-0.39, 0.29) is 31.0 Å². The lowest BCUT2D eigenvalue weighted by atomic mass is 10.0. The van der Waals surface area contributed by atoms with Crippen LogP contribution in [-0.2, 0) is 20.8 Å². The highest BCUT2D eigenvalue weighted by atomic mass is 32.2. The molecule has 0 saturated carbocycles. The molecule has 9 nitrogen and oxygen atoms in total. The third-order valence-corrected chi connectivity index (χ3v) is 7.06. The number of benzene rings is 2. The van der Waals surface area contributed by atoms with E-state index in [1.807, 2.05) is 54.8 Å². The molecule has 0 unspecified atom stereocenters. The molecule has 1 aliphatic rings. The normalized spacial score (nSPS) is 17.8. The number of amides is 5. The van der Waals surface area contributed by atoms with E-state index in [2.05, 4.69) is 16.0 Å². The quantitative estimate of drug-likeness (QED) is 0.348. The van der Waals surface area contributed by atoms with Crippen molar-refractivity contribution in [3.05, 3.63) is 60.2 Å². The summed E-state index contributed by atoms with van der Waals surface area (Å²) >= 11 is 2.92. The van der Waals surface area contributed by atoms with Crippen LogP contribution < -0.4 is 21.7 Å². The summed E-state index contributed by atoms with van der Waals surface area (Å²) in [4.78, 5) is 53.1. The van der Waals surface area contributed by atoms with E-state index in [9.17, 15) is 19.2 Å². The monoisotopic (exact) mass is 529 g/mol. The Morgan fingerprint density at radius 1 is 1.08 bits per heavy atom. The lowest BCUT2D eigenvalue weighted by molar-refractivity contribution is -0.137. The van der Waals surface area contributed by atoms with E-state index in [1.54, 1.807) is 24.1 Å². The molecule has 2 aromatic carbocycles. The number of nitrogens with two attached hydrogens (primary N) is 1. The number of anilines is 1. The highest BCUT2D eigenvalue weighted by Gasteiger charge is 2.40. The summed E-state index contributed by atoms with van der Waals surface area (Å²) < 4.78 is 0. The first kappa shape index (κ1) is 27.4. The second-order valence-corrected chi connectivity index (χ2v) is 10.2. The van der Waals surface area contributed by atoms with E-state index in [0.29, 0.717) is 5.69 Å². The van der Waals surface area contributed by atoms with Crippen LogP contribution in [0.1, 0.15) is 12.0 Å². The van der Waals surface area contributed by atoms with Crippen molar-refractivity contribution in [3.8, 4) is 0 Å². The van der Waals surface area contributed by atoms with E-state index in [0.717, 1.165) is 10.5 Å². The zero-order valence-electron chi connectivity index (χ0n) is 20.2. The van der Waals surface area contributed by atoms with Crippen LogP contribution in [0.2, 0.25) is 0 Å². The molecule has 0 aliphatic carbocycles. The fraction of sp³-hybridized carbons (Fsp3) is 0.360. The Morgan fingerprint density at radius 3 is 2.50 bits per heavy atom. The standard InChI is InChI=1S/C25H31N5O4S2/c1-35-15-22(31)30-14-18(28-25(34)27-17-9-6-10-19(12-17)36-2)13-21(30)24(33)29-20(23(26)32)11-16-7-4-3-5-8-16/h3-10,12,18,20-21H,11,13-15H2,1-2H3,(H2,26,32)(H,29,33)(H2,27,28,34)/t18-,20+,21-/m0/s1. The first-order valence-electron chi connectivity index (χ1n) is 11.4. The second kappa shape index (κ2) is 13.2. The Balaban J connectivity index is 1.67. The molecule has 0 radical (unpaired) electrons. The topological polar surface area (TPSA) is 134 Å². The Kier molecular flexibility index (Phi) is 10.1. The van der Waals surface area contributed by atoms with Crippen molar-refractivity contribution in [2.24, 2.45) is 5.73 Å². The van der Waals surface area contributed by atoms with E-state index in [4.69, 9.17) is 5.73 Å². The summed E-state index contributed by atoms with van der Waals surface area (Å²) in [5.74, 6) is -1.14. The lowest BCUT2D eigenvalue weighted by Gasteiger charge is -2.25. The number of nitrogens with one attached hydrogen (secondary N) is 3. The van der Waals surface area contributed by atoms with Gasteiger partial charge in [-0.25, -0.2) is 4.79 Å². The van der Waals surface area contributed by atoms with E-state index < -0.39 is 36.0 Å². The van der Waals surface area contributed by atoms with E-state index in [1.165, 1.54) is 16.7 Å². The second-order valence-electron chi connectivity index (χ2n) is 8.41. The third-order valence-electron chi connectivity index (χ3n) is 5.80. The molecule has 11 heteroatoms. The zero-order chi connectivity index (χ0) is 26.1. The molecule has 3 rings (SSSR count). The molecule has 0 aromatic heterocycles. The highest BCUT2D eigenvalue weighted by molar-refractivity contribution is 7.99. The number of nitrogens with zero attached hydrogens (tertiary/aromatic N) is 1. The predicted molar refractivity (Wildman–Crippen MR) is 144 cm³/mol. The lowest BCUT2D eigenvalue weighted by Crippen LogP contribution is -2.53. The van der Waals surface area contributed by atoms with Gasteiger partial charge in [-0.1, -0.05) is 36.4 Å². The van der Waals surface area contributed by atoms with Gasteiger partial charge in [0.15, 0.2) is 0 Å². The Bertz CT molecular complexity index is 1090.